The van der Waals surface area contributed by atoms with Gasteiger partial charge in [0.1, 0.15) is 5.75 Å². The summed E-state index contributed by atoms with van der Waals surface area (Å²) in [5, 5.41) is 13.7. The Balaban J connectivity index is 2.17. The summed E-state index contributed by atoms with van der Waals surface area (Å²) in [5.41, 5.74) is -0.401. The van der Waals surface area contributed by atoms with Gasteiger partial charge < -0.3 is 10.1 Å². The number of nitro benzene ring substituents is 1. The molecule has 2 aromatic carbocycles. The highest BCUT2D eigenvalue weighted by atomic mass is 79.9. The van der Waals surface area contributed by atoms with Gasteiger partial charge in [-0.05, 0) is 51.1 Å². The van der Waals surface area contributed by atoms with E-state index in [-0.39, 0.29) is 5.69 Å². The Morgan fingerprint density at radius 1 is 1.21 bits per heavy atom. The van der Waals surface area contributed by atoms with Crippen LogP contribution in [0.2, 0.25) is 0 Å². The minimum absolute atomic E-state index is 0.0422. The van der Waals surface area contributed by atoms with Crippen molar-refractivity contribution < 1.29 is 14.5 Å². The molecule has 0 aromatic heterocycles. The quantitative estimate of drug-likeness (QED) is 0.601. The number of rotatable bonds is 5. The molecule has 1 amide bonds. The van der Waals surface area contributed by atoms with Crippen molar-refractivity contribution in [3.8, 4) is 5.75 Å². The van der Waals surface area contributed by atoms with Gasteiger partial charge in [-0.25, -0.2) is 0 Å². The molecule has 0 heterocycles. The molecule has 0 bridgehead atoms. The first kappa shape index (κ1) is 17.9. The molecule has 7 heteroatoms. The number of ether oxygens (including phenoxy) is 1. The number of halogens is 1. The summed E-state index contributed by atoms with van der Waals surface area (Å²) in [6.07, 6.45) is 0. The predicted octanol–water partition coefficient (Wildman–Crippen LogP) is 4.46. The highest BCUT2D eigenvalue weighted by Gasteiger charge is 2.31. The van der Waals surface area contributed by atoms with Gasteiger partial charge >= 0.3 is 0 Å². The van der Waals surface area contributed by atoms with Crippen molar-refractivity contribution in [3.05, 3.63) is 62.6 Å². The molecule has 0 radical (unpaired) electrons. The summed E-state index contributed by atoms with van der Waals surface area (Å²) in [6, 6.07) is 11.7. The van der Waals surface area contributed by atoms with Crippen molar-refractivity contribution in [3.63, 3.8) is 0 Å². The molecular formula is C17H17BrN2O4. The molecule has 0 spiro atoms. The van der Waals surface area contributed by atoms with Crippen LogP contribution in [-0.4, -0.2) is 16.4 Å². The van der Waals surface area contributed by atoms with Crippen molar-refractivity contribution in [1.82, 2.24) is 0 Å². The topological polar surface area (TPSA) is 81.5 Å². The Bertz CT molecular complexity index is 773. The molecular weight excluding hydrogens is 376 g/mol. The molecule has 6 nitrogen and oxygen atoms in total. The smallest absolute Gasteiger partial charge is 0.274 e. The standard InChI is InChI=1S/C17H17BrN2O4/c1-11-14(5-4-6-15(11)20(22)23)19-16(21)17(2,3)24-13-9-7-12(18)8-10-13/h4-10H,1-3H3,(H,19,21). The second-order valence-corrected chi connectivity index (χ2v) is 6.64. The Morgan fingerprint density at radius 3 is 2.42 bits per heavy atom. The zero-order chi connectivity index (χ0) is 17.9. The van der Waals surface area contributed by atoms with Crippen LogP contribution >= 0.6 is 15.9 Å². The number of hydrogen-bond acceptors (Lipinski definition) is 4. The van der Waals surface area contributed by atoms with E-state index in [2.05, 4.69) is 21.2 Å². The molecule has 0 aliphatic carbocycles. The van der Waals surface area contributed by atoms with E-state index >= 15 is 0 Å². The molecule has 0 aliphatic rings. The number of nitrogens with zero attached hydrogens (tertiary/aromatic N) is 1. The van der Waals surface area contributed by atoms with Crippen molar-refractivity contribution in [2.75, 3.05) is 5.32 Å². The minimum Gasteiger partial charge on any atom is -0.478 e. The molecule has 126 valence electrons. The summed E-state index contributed by atoms with van der Waals surface area (Å²) in [6.45, 7) is 4.87. The average molecular weight is 393 g/mol. The van der Waals surface area contributed by atoms with E-state index in [0.29, 0.717) is 17.0 Å². The summed E-state index contributed by atoms with van der Waals surface area (Å²) in [5.74, 6) is 0.156. The molecule has 0 aliphatic heterocycles. The van der Waals surface area contributed by atoms with Crippen molar-refractivity contribution >= 4 is 33.2 Å². The summed E-state index contributed by atoms with van der Waals surface area (Å²) in [7, 11) is 0. The van der Waals surface area contributed by atoms with Crippen LogP contribution in [-0.2, 0) is 4.79 Å². The second kappa shape index (κ2) is 7.00. The minimum atomic E-state index is -1.15. The van der Waals surface area contributed by atoms with Crippen LogP contribution in [0.5, 0.6) is 5.75 Å². The fourth-order valence-corrected chi connectivity index (χ4v) is 2.34. The maximum absolute atomic E-state index is 12.5. The van der Waals surface area contributed by atoms with E-state index in [9.17, 15) is 14.9 Å². The Kier molecular flexibility index (Phi) is 5.23. The third kappa shape index (κ3) is 4.11. The second-order valence-electron chi connectivity index (χ2n) is 5.73. The lowest BCUT2D eigenvalue weighted by molar-refractivity contribution is -0.385. The van der Waals surface area contributed by atoms with Gasteiger partial charge in [-0.3, -0.25) is 14.9 Å². The van der Waals surface area contributed by atoms with Crippen LogP contribution in [0, 0.1) is 17.0 Å². The van der Waals surface area contributed by atoms with Gasteiger partial charge in [0.15, 0.2) is 5.60 Å². The van der Waals surface area contributed by atoms with Gasteiger partial charge in [0.05, 0.1) is 16.2 Å². The number of nitrogens with one attached hydrogen (secondary N) is 1. The molecule has 2 rings (SSSR count). The molecule has 24 heavy (non-hydrogen) atoms. The van der Waals surface area contributed by atoms with E-state index in [1.54, 1.807) is 39.0 Å². The maximum atomic E-state index is 12.5. The Labute approximate surface area is 148 Å². The fourth-order valence-electron chi connectivity index (χ4n) is 2.07. The summed E-state index contributed by atoms with van der Waals surface area (Å²) in [4.78, 5) is 23.0. The van der Waals surface area contributed by atoms with Crippen molar-refractivity contribution in [2.45, 2.75) is 26.4 Å². The third-order valence-electron chi connectivity index (χ3n) is 3.48. The third-order valence-corrected chi connectivity index (χ3v) is 4.01. The van der Waals surface area contributed by atoms with Crippen LogP contribution in [0.15, 0.2) is 46.9 Å². The van der Waals surface area contributed by atoms with E-state index < -0.39 is 16.4 Å². The van der Waals surface area contributed by atoms with E-state index in [4.69, 9.17) is 4.74 Å². The SMILES string of the molecule is Cc1c(NC(=O)C(C)(C)Oc2ccc(Br)cc2)cccc1[N+](=O)[O-]. The number of carbonyl (C=O) groups is 1. The van der Waals surface area contributed by atoms with Crippen molar-refractivity contribution in [1.29, 1.82) is 0 Å². The van der Waals surface area contributed by atoms with E-state index in [0.717, 1.165) is 4.47 Å². The van der Waals surface area contributed by atoms with Crippen LogP contribution in [0.4, 0.5) is 11.4 Å². The molecule has 0 saturated heterocycles. The normalized spacial score (nSPS) is 11.0. The predicted molar refractivity (Wildman–Crippen MR) is 95.3 cm³/mol. The lowest BCUT2D eigenvalue weighted by Crippen LogP contribution is -2.42. The molecule has 1 N–H and O–H groups in total. The van der Waals surface area contributed by atoms with Crippen molar-refractivity contribution in [2.24, 2.45) is 0 Å². The molecule has 2 aromatic rings. The monoisotopic (exact) mass is 392 g/mol. The number of carbonyl (C=O) groups excluding carboxylic acids is 1. The Morgan fingerprint density at radius 2 is 1.83 bits per heavy atom. The van der Waals surface area contributed by atoms with Crippen LogP contribution < -0.4 is 10.1 Å². The number of benzene rings is 2. The highest BCUT2D eigenvalue weighted by Crippen LogP contribution is 2.27. The molecule has 0 unspecified atom stereocenters. The lowest BCUT2D eigenvalue weighted by Gasteiger charge is -2.25. The average Bonchev–Trinajstić information content (AvgIpc) is 2.51. The summed E-state index contributed by atoms with van der Waals surface area (Å²) < 4.78 is 6.65. The number of amides is 1. The van der Waals surface area contributed by atoms with E-state index in [1.165, 1.54) is 12.1 Å². The van der Waals surface area contributed by atoms with Crippen LogP contribution in [0.1, 0.15) is 19.4 Å². The molecule has 0 atom stereocenters. The van der Waals surface area contributed by atoms with Gasteiger partial charge in [0.25, 0.3) is 11.6 Å². The first-order valence-electron chi connectivity index (χ1n) is 7.21. The van der Waals surface area contributed by atoms with Gasteiger partial charge in [-0.1, -0.05) is 22.0 Å². The maximum Gasteiger partial charge on any atom is 0.274 e. The largest absolute Gasteiger partial charge is 0.478 e. The van der Waals surface area contributed by atoms with Crippen LogP contribution in [0.25, 0.3) is 0 Å². The van der Waals surface area contributed by atoms with E-state index in [1.807, 2.05) is 12.1 Å². The number of nitro groups is 1. The van der Waals surface area contributed by atoms with Gasteiger partial charge in [0, 0.05) is 10.5 Å². The zero-order valence-electron chi connectivity index (χ0n) is 13.5. The zero-order valence-corrected chi connectivity index (χ0v) is 15.1. The number of anilines is 1. The fraction of sp³-hybridized carbons (Fsp3) is 0.235. The molecule has 0 fully saturated rings. The number of hydrogen-bond donors (Lipinski definition) is 1. The highest BCUT2D eigenvalue weighted by molar-refractivity contribution is 9.10. The summed E-state index contributed by atoms with van der Waals surface area (Å²) >= 11 is 3.33. The lowest BCUT2D eigenvalue weighted by atomic mass is 10.1. The molecule has 0 saturated carbocycles. The van der Waals surface area contributed by atoms with Crippen LogP contribution in [0.3, 0.4) is 0 Å². The van der Waals surface area contributed by atoms with Gasteiger partial charge in [0.2, 0.25) is 0 Å². The Hall–Kier alpha value is -2.41. The first-order valence-corrected chi connectivity index (χ1v) is 8.00. The van der Waals surface area contributed by atoms with Gasteiger partial charge in [-0.15, -0.1) is 0 Å². The first-order chi connectivity index (χ1) is 11.2. The van der Waals surface area contributed by atoms with Gasteiger partial charge in [-0.2, -0.15) is 0 Å².